The fraction of sp³-hybridized carbons (Fsp3) is 0.409. The Balaban J connectivity index is 1.52. The highest BCUT2D eigenvalue weighted by atomic mass is 16.6. The number of carbonyl (C=O) groups is 1. The van der Waals surface area contributed by atoms with Gasteiger partial charge in [0.25, 0.3) is 0 Å². The van der Waals surface area contributed by atoms with Gasteiger partial charge in [0.2, 0.25) is 0 Å². The zero-order valence-electron chi connectivity index (χ0n) is 16.9. The third-order valence-electron chi connectivity index (χ3n) is 4.60. The first-order valence-corrected chi connectivity index (χ1v) is 9.71. The lowest BCUT2D eigenvalue weighted by Gasteiger charge is -2.35. The summed E-state index contributed by atoms with van der Waals surface area (Å²) in [6, 6.07) is 16.1. The molecule has 28 heavy (non-hydrogen) atoms. The van der Waals surface area contributed by atoms with E-state index in [1.807, 2.05) is 63.2 Å². The molecule has 1 aliphatic heterocycles. The van der Waals surface area contributed by atoms with Gasteiger partial charge in [0.05, 0.1) is 11.4 Å². The van der Waals surface area contributed by atoms with Crippen LogP contribution in [0.4, 0.5) is 21.9 Å². The van der Waals surface area contributed by atoms with Gasteiger partial charge in [0, 0.05) is 38.4 Å². The van der Waals surface area contributed by atoms with E-state index in [0.717, 1.165) is 36.7 Å². The van der Waals surface area contributed by atoms with Gasteiger partial charge in [-0.1, -0.05) is 24.3 Å². The Labute approximate surface area is 167 Å². The normalized spacial score (nSPS) is 15.3. The van der Waals surface area contributed by atoms with Gasteiger partial charge >= 0.3 is 6.09 Å². The second-order valence-electron chi connectivity index (χ2n) is 8.16. The van der Waals surface area contributed by atoms with Gasteiger partial charge in [-0.05, 0) is 50.6 Å². The lowest BCUT2D eigenvalue weighted by atomic mass is 10.1. The van der Waals surface area contributed by atoms with E-state index >= 15 is 0 Å². The molecule has 0 bridgehead atoms. The SMILES string of the molecule is CC(C)(C)OC(=O)N1CCN(Cc2ccc(Nc3ccccc3)c(N)c2)CC1. The van der Waals surface area contributed by atoms with Crippen molar-refractivity contribution in [1.82, 2.24) is 9.80 Å². The van der Waals surface area contributed by atoms with Crippen molar-refractivity contribution in [2.24, 2.45) is 0 Å². The molecule has 1 saturated heterocycles. The molecule has 6 nitrogen and oxygen atoms in total. The average Bonchev–Trinajstić information content (AvgIpc) is 2.64. The molecule has 0 saturated carbocycles. The highest BCUT2D eigenvalue weighted by Gasteiger charge is 2.25. The van der Waals surface area contributed by atoms with Crippen molar-refractivity contribution in [1.29, 1.82) is 0 Å². The molecular weight excluding hydrogens is 352 g/mol. The number of carbonyl (C=O) groups excluding carboxylic acids is 1. The number of nitrogens with zero attached hydrogens (tertiary/aromatic N) is 2. The number of amides is 1. The number of ether oxygens (including phenoxy) is 1. The minimum Gasteiger partial charge on any atom is -0.444 e. The minimum atomic E-state index is -0.457. The van der Waals surface area contributed by atoms with Gasteiger partial charge in [-0.3, -0.25) is 4.90 Å². The summed E-state index contributed by atoms with van der Waals surface area (Å²) in [7, 11) is 0. The number of rotatable bonds is 4. The molecular formula is C22H30N4O2. The first-order chi connectivity index (χ1) is 13.3. The van der Waals surface area contributed by atoms with Crippen molar-refractivity contribution >= 4 is 23.2 Å². The van der Waals surface area contributed by atoms with Crippen LogP contribution in [0.1, 0.15) is 26.3 Å². The summed E-state index contributed by atoms with van der Waals surface area (Å²) < 4.78 is 5.45. The zero-order chi connectivity index (χ0) is 20.1. The van der Waals surface area contributed by atoms with E-state index in [1.165, 1.54) is 5.56 Å². The van der Waals surface area contributed by atoms with Crippen LogP contribution in [0.2, 0.25) is 0 Å². The maximum atomic E-state index is 12.2. The van der Waals surface area contributed by atoms with Crippen LogP contribution in [0.5, 0.6) is 0 Å². The molecule has 3 rings (SSSR count). The van der Waals surface area contributed by atoms with Gasteiger partial charge in [0.15, 0.2) is 0 Å². The van der Waals surface area contributed by atoms with Gasteiger partial charge in [-0.15, -0.1) is 0 Å². The average molecular weight is 383 g/mol. The molecule has 3 N–H and O–H groups in total. The lowest BCUT2D eigenvalue weighted by Crippen LogP contribution is -2.49. The van der Waals surface area contributed by atoms with E-state index in [-0.39, 0.29) is 6.09 Å². The number of para-hydroxylation sites is 1. The predicted octanol–water partition coefficient (Wildman–Crippen LogP) is 4.07. The summed E-state index contributed by atoms with van der Waals surface area (Å²) in [5.41, 5.74) is 9.61. The summed E-state index contributed by atoms with van der Waals surface area (Å²) >= 11 is 0. The number of hydrogen-bond acceptors (Lipinski definition) is 5. The molecule has 0 aliphatic carbocycles. The number of nitrogens with two attached hydrogens (primary N) is 1. The minimum absolute atomic E-state index is 0.229. The van der Waals surface area contributed by atoms with E-state index in [1.54, 1.807) is 4.90 Å². The highest BCUT2D eigenvalue weighted by Crippen LogP contribution is 2.25. The van der Waals surface area contributed by atoms with E-state index in [4.69, 9.17) is 10.5 Å². The van der Waals surface area contributed by atoms with Crippen molar-refractivity contribution in [3.8, 4) is 0 Å². The summed E-state index contributed by atoms with van der Waals surface area (Å²) in [6.45, 7) is 9.49. The predicted molar refractivity (Wildman–Crippen MR) is 114 cm³/mol. The molecule has 0 unspecified atom stereocenters. The maximum absolute atomic E-state index is 12.2. The quantitative estimate of drug-likeness (QED) is 0.780. The van der Waals surface area contributed by atoms with Gasteiger partial charge < -0.3 is 20.7 Å². The molecule has 0 radical (unpaired) electrons. The third kappa shape index (κ3) is 5.63. The van der Waals surface area contributed by atoms with E-state index in [0.29, 0.717) is 13.1 Å². The number of benzene rings is 2. The number of nitrogens with one attached hydrogen (secondary N) is 1. The maximum Gasteiger partial charge on any atom is 0.410 e. The smallest absolute Gasteiger partial charge is 0.410 e. The van der Waals surface area contributed by atoms with Crippen LogP contribution < -0.4 is 11.1 Å². The van der Waals surface area contributed by atoms with Crippen molar-refractivity contribution in [2.45, 2.75) is 32.9 Å². The zero-order valence-corrected chi connectivity index (χ0v) is 16.9. The molecule has 0 aromatic heterocycles. The second-order valence-corrected chi connectivity index (χ2v) is 8.16. The second kappa shape index (κ2) is 8.52. The summed E-state index contributed by atoms with van der Waals surface area (Å²) in [5, 5.41) is 3.34. The Morgan fingerprint density at radius 2 is 1.75 bits per heavy atom. The van der Waals surface area contributed by atoms with Crippen LogP contribution in [-0.2, 0) is 11.3 Å². The third-order valence-corrected chi connectivity index (χ3v) is 4.60. The Morgan fingerprint density at radius 3 is 2.36 bits per heavy atom. The Kier molecular flexibility index (Phi) is 6.09. The van der Waals surface area contributed by atoms with Crippen LogP contribution in [-0.4, -0.2) is 47.7 Å². The monoisotopic (exact) mass is 382 g/mol. The standard InChI is InChI=1S/C22H30N4O2/c1-22(2,3)28-21(27)26-13-11-25(12-14-26)16-17-9-10-20(19(23)15-17)24-18-7-5-4-6-8-18/h4-10,15,24H,11-14,16,23H2,1-3H3. The fourth-order valence-corrected chi connectivity index (χ4v) is 3.17. The number of hydrogen-bond donors (Lipinski definition) is 2. The largest absolute Gasteiger partial charge is 0.444 e. The van der Waals surface area contributed by atoms with Crippen LogP contribution in [0.15, 0.2) is 48.5 Å². The van der Waals surface area contributed by atoms with E-state index in [2.05, 4.69) is 16.3 Å². The van der Waals surface area contributed by atoms with Gasteiger partial charge in [-0.2, -0.15) is 0 Å². The Hall–Kier alpha value is -2.73. The summed E-state index contributed by atoms with van der Waals surface area (Å²) in [6.07, 6.45) is -0.229. The molecule has 1 heterocycles. The van der Waals surface area contributed by atoms with E-state index in [9.17, 15) is 4.79 Å². The molecule has 0 atom stereocenters. The Bertz CT molecular complexity index is 794. The van der Waals surface area contributed by atoms with Crippen molar-refractivity contribution in [3.05, 3.63) is 54.1 Å². The summed E-state index contributed by atoms with van der Waals surface area (Å²) in [4.78, 5) is 16.3. The summed E-state index contributed by atoms with van der Waals surface area (Å²) in [5.74, 6) is 0. The molecule has 6 heteroatoms. The molecule has 1 amide bonds. The number of anilines is 3. The Morgan fingerprint density at radius 1 is 1.07 bits per heavy atom. The van der Waals surface area contributed by atoms with Crippen molar-refractivity contribution in [3.63, 3.8) is 0 Å². The first kappa shape index (κ1) is 20.0. The van der Waals surface area contributed by atoms with Gasteiger partial charge in [0.1, 0.15) is 5.60 Å². The van der Waals surface area contributed by atoms with Crippen molar-refractivity contribution < 1.29 is 9.53 Å². The molecule has 1 aliphatic rings. The first-order valence-electron chi connectivity index (χ1n) is 9.71. The molecule has 0 spiro atoms. The molecule has 2 aromatic carbocycles. The molecule has 2 aromatic rings. The highest BCUT2D eigenvalue weighted by molar-refractivity contribution is 5.73. The van der Waals surface area contributed by atoms with Gasteiger partial charge in [-0.25, -0.2) is 4.79 Å². The fourth-order valence-electron chi connectivity index (χ4n) is 3.17. The van der Waals surface area contributed by atoms with Crippen LogP contribution in [0.25, 0.3) is 0 Å². The van der Waals surface area contributed by atoms with Crippen LogP contribution in [0, 0.1) is 0 Å². The van der Waals surface area contributed by atoms with Crippen molar-refractivity contribution in [2.75, 3.05) is 37.2 Å². The lowest BCUT2D eigenvalue weighted by molar-refractivity contribution is 0.0139. The van der Waals surface area contributed by atoms with E-state index < -0.39 is 5.60 Å². The molecule has 150 valence electrons. The molecule has 1 fully saturated rings. The number of piperazine rings is 1. The van der Waals surface area contributed by atoms with Crippen LogP contribution >= 0.6 is 0 Å². The topological polar surface area (TPSA) is 70.8 Å². The van der Waals surface area contributed by atoms with Crippen LogP contribution in [0.3, 0.4) is 0 Å². The number of nitrogen functional groups attached to an aromatic ring is 1.